The average molecular weight is 197 g/mol. The van der Waals surface area contributed by atoms with Crippen LogP contribution in [0.2, 0.25) is 0 Å². The van der Waals surface area contributed by atoms with Crippen LogP contribution in [0.15, 0.2) is 0 Å². The molecule has 0 aromatic carbocycles. The molecule has 14 heavy (non-hydrogen) atoms. The van der Waals surface area contributed by atoms with Crippen molar-refractivity contribution < 1.29 is 9.90 Å². The first kappa shape index (κ1) is 10.8. The van der Waals surface area contributed by atoms with Crippen LogP contribution >= 0.6 is 0 Å². The van der Waals surface area contributed by atoms with Crippen LogP contribution < -0.4 is 0 Å². The summed E-state index contributed by atoms with van der Waals surface area (Å²) in [5, 5.41) is 16.3. The highest BCUT2D eigenvalue weighted by molar-refractivity contribution is 5.95. The lowest BCUT2D eigenvalue weighted by Gasteiger charge is -2.10. The van der Waals surface area contributed by atoms with E-state index in [-0.39, 0.29) is 12.4 Å². The lowest BCUT2D eigenvalue weighted by Crippen LogP contribution is -2.18. The lowest BCUT2D eigenvalue weighted by atomic mass is 10.1. The van der Waals surface area contributed by atoms with Gasteiger partial charge >= 0.3 is 0 Å². The molecular weight excluding hydrogens is 182 g/mol. The molecule has 0 amide bonds. The van der Waals surface area contributed by atoms with E-state index in [2.05, 4.69) is 10.3 Å². The number of hydrogen-bond donors (Lipinski definition) is 1. The first-order chi connectivity index (χ1) is 6.83. The summed E-state index contributed by atoms with van der Waals surface area (Å²) in [5.41, 5.74) is 0.892. The van der Waals surface area contributed by atoms with Gasteiger partial charge in [0.1, 0.15) is 11.4 Å². The Bertz CT molecular complexity index is 306. The third-order valence-corrected chi connectivity index (χ3v) is 1.99. The first-order valence-electron chi connectivity index (χ1n) is 4.89. The van der Waals surface area contributed by atoms with E-state index in [0.717, 1.165) is 13.0 Å². The molecule has 0 saturated heterocycles. The Balaban J connectivity index is 0.000000461. The maximum Gasteiger partial charge on any atom is 0.182 e. The first-order valence-corrected chi connectivity index (χ1v) is 4.89. The second-order valence-corrected chi connectivity index (χ2v) is 2.79. The van der Waals surface area contributed by atoms with Gasteiger partial charge < -0.3 is 5.11 Å². The number of ketones is 1. The maximum atomic E-state index is 11.3. The molecule has 0 unspecified atom stereocenters. The molecule has 5 nitrogen and oxygen atoms in total. The van der Waals surface area contributed by atoms with Gasteiger partial charge in [-0.2, -0.15) is 0 Å². The summed E-state index contributed by atoms with van der Waals surface area (Å²) in [4.78, 5) is 11.3. The van der Waals surface area contributed by atoms with Crippen molar-refractivity contribution in [2.45, 2.75) is 39.8 Å². The molecule has 5 heteroatoms. The molecule has 0 spiro atoms. The molecule has 1 aromatic heterocycles. The van der Waals surface area contributed by atoms with Crippen LogP contribution in [0.3, 0.4) is 0 Å². The number of aryl methyl sites for hydroxylation is 1. The SMILES string of the molecule is CC.O=C1CCCn2nnc(CO)c21. The van der Waals surface area contributed by atoms with Gasteiger partial charge in [0.05, 0.1) is 6.61 Å². The van der Waals surface area contributed by atoms with Gasteiger partial charge in [0, 0.05) is 13.0 Å². The van der Waals surface area contributed by atoms with E-state index < -0.39 is 0 Å². The zero-order valence-electron chi connectivity index (χ0n) is 8.53. The highest BCUT2D eigenvalue weighted by atomic mass is 16.3. The van der Waals surface area contributed by atoms with E-state index in [1.165, 1.54) is 0 Å². The largest absolute Gasteiger partial charge is 0.390 e. The van der Waals surface area contributed by atoms with Crippen LogP contribution in [0, 0.1) is 0 Å². The van der Waals surface area contributed by atoms with E-state index in [1.54, 1.807) is 4.68 Å². The molecule has 1 aliphatic heterocycles. The molecule has 0 fully saturated rings. The second-order valence-electron chi connectivity index (χ2n) is 2.79. The minimum absolute atomic E-state index is 0.0373. The predicted molar refractivity (Wildman–Crippen MR) is 50.9 cm³/mol. The molecule has 1 aliphatic rings. The number of aliphatic hydroxyl groups excluding tert-OH is 1. The Hall–Kier alpha value is -1.23. The number of hydrogen-bond acceptors (Lipinski definition) is 4. The summed E-state index contributed by atoms with van der Waals surface area (Å²) in [6, 6.07) is 0. The Labute approximate surface area is 82.7 Å². The van der Waals surface area contributed by atoms with E-state index >= 15 is 0 Å². The second kappa shape index (κ2) is 4.85. The predicted octanol–water partition coefficient (Wildman–Crippen LogP) is 0.773. The summed E-state index contributed by atoms with van der Waals surface area (Å²) in [6.45, 7) is 4.52. The zero-order valence-corrected chi connectivity index (χ0v) is 8.53. The Morgan fingerprint density at radius 2 is 2.21 bits per heavy atom. The molecule has 2 heterocycles. The molecular formula is C9H15N3O2. The van der Waals surface area contributed by atoms with E-state index in [4.69, 9.17) is 5.11 Å². The third-order valence-electron chi connectivity index (χ3n) is 1.99. The van der Waals surface area contributed by atoms with Crippen LogP contribution in [-0.2, 0) is 13.2 Å². The van der Waals surface area contributed by atoms with Gasteiger partial charge in [-0.15, -0.1) is 5.10 Å². The van der Waals surface area contributed by atoms with Crippen LogP contribution in [0.4, 0.5) is 0 Å². The number of aliphatic hydroxyl groups is 1. The van der Waals surface area contributed by atoms with Crippen LogP contribution in [0.1, 0.15) is 42.9 Å². The Kier molecular flexibility index (Phi) is 3.76. The van der Waals surface area contributed by atoms with Crippen LogP contribution in [0.25, 0.3) is 0 Å². The number of carbonyl (C=O) groups is 1. The minimum Gasteiger partial charge on any atom is -0.390 e. The van der Waals surface area contributed by atoms with Crippen molar-refractivity contribution in [1.29, 1.82) is 0 Å². The number of aromatic nitrogens is 3. The standard InChI is InChI=1S/C7H9N3O2.C2H6/c11-4-5-7-6(12)2-1-3-10(7)9-8-5;1-2/h11H,1-4H2;1-2H3. The summed E-state index contributed by atoms with van der Waals surface area (Å²) in [6.07, 6.45) is 1.36. The number of carbonyl (C=O) groups excluding carboxylic acids is 1. The lowest BCUT2D eigenvalue weighted by molar-refractivity contribution is 0.0948. The third kappa shape index (κ3) is 1.82. The van der Waals surface area contributed by atoms with Crippen LogP contribution in [0.5, 0.6) is 0 Å². The smallest absolute Gasteiger partial charge is 0.182 e. The maximum absolute atomic E-state index is 11.3. The highest BCUT2D eigenvalue weighted by Gasteiger charge is 2.22. The molecule has 1 N–H and O–H groups in total. The average Bonchev–Trinajstić information content (AvgIpc) is 2.65. The van der Waals surface area contributed by atoms with Gasteiger partial charge in [-0.1, -0.05) is 19.1 Å². The van der Waals surface area contributed by atoms with Gasteiger partial charge in [-0.25, -0.2) is 4.68 Å². The fraction of sp³-hybridized carbons (Fsp3) is 0.667. The van der Waals surface area contributed by atoms with Gasteiger partial charge in [-0.05, 0) is 6.42 Å². The molecule has 0 radical (unpaired) electrons. The zero-order chi connectivity index (χ0) is 10.6. The molecule has 0 bridgehead atoms. The van der Waals surface area contributed by atoms with Crippen molar-refractivity contribution in [1.82, 2.24) is 15.0 Å². The van der Waals surface area contributed by atoms with Crippen molar-refractivity contribution in [3.05, 3.63) is 11.4 Å². The summed E-state index contributed by atoms with van der Waals surface area (Å²) in [7, 11) is 0. The van der Waals surface area contributed by atoms with Crippen molar-refractivity contribution >= 4 is 5.78 Å². The molecule has 1 aromatic rings. The summed E-state index contributed by atoms with van der Waals surface area (Å²) in [5.74, 6) is 0.0373. The van der Waals surface area contributed by atoms with Crippen LogP contribution in [-0.4, -0.2) is 25.9 Å². The number of fused-ring (bicyclic) bond motifs is 1. The van der Waals surface area contributed by atoms with Gasteiger partial charge in [0.15, 0.2) is 5.78 Å². The summed E-state index contributed by atoms with van der Waals surface area (Å²) >= 11 is 0. The van der Waals surface area contributed by atoms with Gasteiger partial charge in [-0.3, -0.25) is 4.79 Å². The minimum atomic E-state index is -0.207. The Morgan fingerprint density at radius 1 is 1.50 bits per heavy atom. The van der Waals surface area contributed by atoms with E-state index in [0.29, 0.717) is 17.8 Å². The molecule has 2 rings (SSSR count). The van der Waals surface area contributed by atoms with Crippen molar-refractivity contribution in [2.75, 3.05) is 0 Å². The fourth-order valence-electron chi connectivity index (χ4n) is 1.42. The normalized spacial score (nSPS) is 14.4. The quantitative estimate of drug-likeness (QED) is 0.722. The topological polar surface area (TPSA) is 68.0 Å². The van der Waals surface area contributed by atoms with Crippen molar-refractivity contribution in [3.63, 3.8) is 0 Å². The molecule has 0 saturated carbocycles. The van der Waals surface area contributed by atoms with E-state index in [9.17, 15) is 4.79 Å². The Morgan fingerprint density at radius 3 is 2.86 bits per heavy atom. The van der Waals surface area contributed by atoms with Gasteiger partial charge in [0.2, 0.25) is 0 Å². The molecule has 78 valence electrons. The highest BCUT2D eigenvalue weighted by Crippen LogP contribution is 2.15. The monoisotopic (exact) mass is 197 g/mol. The fourth-order valence-corrected chi connectivity index (χ4v) is 1.42. The molecule has 0 aliphatic carbocycles. The van der Waals surface area contributed by atoms with Crippen molar-refractivity contribution in [3.8, 4) is 0 Å². The van der Waals surface area contributed by atoms with E-state index in [1.807, 2.05) is 13.8 Å². The van der Waals surface area contributed by atoms with Gasteiger partial charge in [0.25, 0.3) is 0 Å². The number of Topliss-reactive ketones (excluding diaryl/α,β-unsaturated/α-hetero) is 1. The summed E-state index contributed by atoms with van der Waals surface area (Å²) < 4.78 is 1.57. The van der Waals surface area contributed by atoms with Crippen molar-refractivity contribution in [2.24, 2.45) is 0 Å². The number of nitrogens with zero attached hydrogens (tertiary/aromatic N) is 3. The molecule has 0 atom stereocenters. The number of rotatable bonds is 1.